The van der Waals surface area contributed by atoms with Crippen molar-refractivity contribution in [2.75, 3.05) is 32.8 Å². The van der Waals surface area contributed by atoms with E-state index in [1.165, 1.54) is 38.5 Å². The quantitative estimate of drug-likeness (QED) is 0.305. The number of Topliss-reactive ketones (excluding diaryl/α,β-unsaturated/α-hetero) is 1. The van der Waals surface area contributed by atoms with E-state index < -0.39 is 0 Å². The van der Waals surface area contributed by atoms with Crippen LogP contribution in [0.4, 0.5) is 0 Å². The predicted molar refractivity (Wildman–Crippen MR) is 121 cm³/mol. The van der Waals surface area contributed by atoms with Gasteiger partial charge in [0, 0.05) is 25.1 Å². The maximum absolute atomic E-state index is 12.3. The monoisotopic (exact) mass is 401 g/mol. The molecule has 0 saturated carbocycles. The molecule has 1 saturated heterocycles. The van der Waals surface area contributed by atoms with Gasteiger partial charge in [-0.2, -0.15) is 0 Å². The van der Waals surface area contributed by atoms with E-state index in [0.717, 1.165) is 55.3 Å². The molecule has 0 radical (unpaired) electrons. The fraction of sp³-hybridized carbons (Fsp3) is 0.640. The van der Waals surface area contributed by atoms with E-state index >= 15 is 0 Å². The highest BCUT2D eigenvalue weighted by Gasteiger charge is 2.20. The van der Waals surface area contributed by atoms with Gasteiger partial charge in [-0.25, -0.2) is 0 Å². The molecule has 0 unspecified atom stereocenters. The third-order valence-electron chi connectivity index (χ3n) is 5.47. The first-order valence-corrected chi connectivity index (χ1v) is 11.5. The Balaban J connectivity index is 1.92. The van der Waals surface area contributed by atoms with Gasteiger partial charge in [0.2, 0.25) is 0 Å². The number of ether oxygens (including phenoxy) is 2. The number of ketones is 1. The van der Waals surface area contributed by atoms with Crippen LogP contribution in [-0.2, 0) is 4.79 Å². The van der Waals surface area contributed by atoms with Gasteiger partial charge < -0.3 is 9.47 Å². The van der Waals surface area contributed by atoms with Crippen molar-refractivity contribution in [3.63, 3.8) is 0 Å². The van der Waals surface area contributed by atoms with Crippen molar-refractivity contribution in [3.05, 3.63) is 29.3 Å². The maximum Gasteiger partial charge on any atom is 0.161 e. The molecule has 29 heavy (non-hydrogen) atoms. The van der Waals surface area contributed by atoms with Crippen LogP contribution in [0.15, 0.2) is 23.8 Å². The number of nitrogens with zero attached hydrogens (tertiary/aromatic N) is 1. The minimum absolute atomic E-state index is 0.256. The Bertz CT molecular complexity index is 653. The van der Waals surface area contributed by atoms with Crippen molar-refractivity contribution < 1.29 is 14.3 Å². The van der Waals surface area contributed by atoms with Gasteiger partial charge in [0.05, 0.1) is 13.2 Å². The van der Waals surface area contributed by atoms with E-state index in [0.29, 0.717) is 13.0 Å². The minimum atomic E-state index is 0.256. The summed E-state index contributed by atoms with van der Waals surface area (Å²) in [5, 5.41) is 0. The second-order valence-corrected chi connectivity index (χ2v) is 7.82. The molecule has 0 amide bonds. The summed E-state index contributed by atoms with van der Waals surface area (Å²) >= 11 is 0. The van der Waals surface area contributed by atoms with Crippen molar-refractivity contribution in [2.45, 2.75) is 72.1 Å². The predicted octanol–water partition coefficient (Wildman–Crippen LogP) is 5.89. The van der Waals surface area contributed by atoms with Crippen LogP contribution in [0, 0.1) is 0 Å². The molecule has 0 aromatic heterocycles. The molecule has 4 nitrogen and oxygen atoms in total. The highest BCUT2D eigenvalue weighted by molar-refractivity contribution is 6.00. The van der Waals surface area contributed by atoms with Crippen LogP contribution in [0.25, 0.3) is 6.08 Å². The average Bonchev–Trinajstić information content (AvgIpc) is 2.73. The minimum Gasteiger partial charge on any atom is -0.490 e. The zero-order valence-electron chi connectivity index (χ0n) is 18.7. The molecule has 1 heterocycles. The molecule has 1 aromatic rings. The van der Waals surface area contributed by atoms with Crippen molar-refractivity contribution in [1.82, 2.24) is 4.90 Å². The summed E-state index contributed by atoms with van der Waals surface area (Å²) in [5.41, 5.74) is 1.88. The highest BCUT2D eigenvalue weighted by atomic mass is 16.5. The molecule has 0 bridgehead atoms. The third kappa shape index (κ3) is 8.22. The number of hydrogen-bond donors (Lipinski definition) is 0. The lowest BCUT2D eigenvalue weighted by molar-refractivity contribution is -0.117. The fourth-order valence-corrected chi connectivity index (χ4v) is 3.67. The molecule has 1 aliphatic heterocycles. The average molecular weight is 402 g/mol. The second-order valence-electron chi connectivity index (χ2n) is 7.82. The molecule has 0 N–H and O–H groups in total. The first kappa shape index (κ1) is 23.5. The SMILES string of the molecule is CCCCCCCCCOc1ccc(/C=C2\CN(CC)CCC2=O)cc1OCC. The van der Waals surface area contributed by atoms with E-state index in [-0.39, 0.29) is 5.78 Å². The smallest absolute Gasteiger partial charge is 0.161 e. The van der Waals surface area contributed by atoms with Crippen molar-refractivity contribution in [3.8, 4) is 11.5 Å². The number of likely N-dealkylation sites (N-methyl/N-ethyl adjacent to an activating group) is 1. The molecule has 162 valence electrons. The van der Waals surface area contributed by atoms with E-state index in [1.54, 1.807) is 0 Å². The summed E-state index contributed by atoms with van der Waals surface area (Å²) in [6, 6.07) is 5.99. The molecular formula is C25H39NO3. The summed E-state index contributed by atoms with van der Waals surface area (Å²) in [4.78, 5) is 14.6. The molecule has 0 spiro atoms. The lowest BCUT2D eigenvalue weighted by Crippen LogP contribution is -2.35. The first-order chi connectivity index (χ1) is 14.2. The van der Waals surface area contributed by atoms with Crippen LogP contribution in [0.2, 0.25) is 0 Å². The number of likely N-dealkylation sites (tertiary alicyclic amines) is 1. The van der Waals surface area contributed by atoms with Crippen molar-refractivity contribution in [1.29, 1.82) is 0 Å². The Morgan fingerprint density at radius 3 is 2.45 bits per heavy atom. The van der Waals surface area contributed by atoms with Gasteiger partial charge >= 0.3 is 0 Å². The highest BCUT2D eigenvalue weighted by Crippen LogP contribution is 2.30. The molecule has 2 rings (SSSR count). The summed E-state index contributed by atoms with van der Waals surface area (Å²) in [6.45, 7) is 10.2. The molecule has 1 aliphatic rings. The third-order valence-corrected chi connectivity index (χ3v) is 5.47. The number of benzene rings is 1. The Morgan fingerprint density at radius 1 is 0.966 bits per heavy atom. The molecular weight excluding hydrogens is 362 g/mol. The number of rotatable bonds is 13. The Kier molecular flexibility index (Phi) is 10.9. The summed E-state index contributed by atoms with van der Waals surface area (Å²) < 4.78 is 11.8. The summed E-state index contributed by atoms with van der Waals surface area (Å²) in [7, 11) is 0. The molecule has 0 aliphatic carbocycles. The van der Waals surface area contributed by atoms with Gasteiger partial charge in [-0.1, -0.05) is 58.4 Å². The van der Waals surface area contributed by atoms with Gasteiger partial charge in [-0.3, -0.25) is 9.69 Å². The Morgan fingerprint density at radius 2 is 1.72 bits per heavy atom. The van der Waals surface area contributed by atoms with Gasteiger partial charge in [0.15, 0.2) is 17.3 Å². The number of hydrogen-bond acceptors (Lipinski definition) is 4. The lowest BCUT2D eigenvalue weighted by atomic mass is 10.0. The van der Waals surface area contributed by atoms with Crippen LogP contribution >= 0.6 is 0 Å². The zero-order chi connectivity index (χ0) is 20.9. The van der Waals surface area contributed by atoms with Crippen LogP contribution in [0.1, 0.15) is 77.7 Å². The summed E-state index contributed by atoms with van der Waals surface area (Å²) in [6.07, 6.45) is 11.5. The standard InChI is InChI=1S/C25H39NO3/c1-4-7-8-9-10-11-12-17-29-24-14-13-21(19-25(24)28-6-3)18-22-20-26(5-2)16-15-23(22)27/h13-14,18-19H,4-12,15-17,20H2,1-3H3/b22-18+. The van der Waals surface area contributed by atoms with Crippen LogP contribution < -0.4 is 9.47 Å². The summed E-state index contributed by atoms with van der Waals surface area (Å²) in [5.74, 6) is 1.82. The number of unbranched alkanes of at least 4 members (excludes halogenated alkanes) is 6. The Labute approximate surface area is 177 Å². The largest absolute Gasteiger partial charge is 0.490 e. The fourth-order valence-electron chi connectivity index (χ4n) is 3.67. The molecule has 1 aromatic carbocycles. The topological polar surface area (TPSA) is 38.8 Å². The number of carbonyl (C=O) groups is 1. The number of carbonyl (C=O) groups excluding carboxylic acids is 1. The van der Waals surface area contributed by atoms with Crippen molar-refractivity contribution >= 4 is 11.9 Å². The molecule has 0 atom stereocenters. The van der Waals surface area contributed by atoms with Gasteiger partial charge in [0.1, 0.15) is 0 Å². The van der Waals surface area contributed by atoms with E-state index in [4.69, 9.17) is 9.47 Å². The lowest BCUT2D eigenvalue weighted by Gasteiger charge is -2.26. The van der Waals surface area contributed by atoms with Gasteiger partial charge in [-0.15, -0.1) is 0 Å². The van der Waals surface area contributed by atoms with Gasteiger partial charge in [-0.05, 0) is 43.7 Å². The van der Waals surface area contributed by atoms with E-state index in [1.807, 2.05) is 31.2 Å². The molecule has 1 fully saturated rings. The van der Waals surface area contributed by atoms with Crippen LogP contribution in [-0.4, -0.2) is 43.5 Å². The maximum atomic E-state index is 12.3. The van der Waals surface area contributed by atoms with E-state index in [9.17, 15) is 4.79 Å². The van der Waals surface area contributed by atoms with Crippen LogP contribution in [0.3, 0.4) is 0 Å². The normalized spacial score (nSPS) is 16.4. The Hall–Kier alpha value is -1.81. The van der Waals surface area contributed by atoms with Crippen LogP contribution in [0.5, 0.6) is 11.5 Å². The van der Waals surface area contributed by atoms with Crippen molar-refractivity contribution in [2.24, 2.45) is 0 Å². The van der Waals surface area contributed by atoms with E-state index in [2.05, 4.69) is 18.7 Å². The first-order valence-electron chi connectivity index (χ1n) is 11.5. The second kappa shape index (κ2) is 13.4. The zero-order valence-corrected chi connectivity index (χ0v) is 18.7. The molecule has 4 heteroatoms. The van der Waals surface area contributed by atoms with Gasteiger partial charge in [0.25, 0.3) is 0 Å². The number of piperidine rings is 1.